The average molecular weight is 290 g/mol. The van der Waals surface area contributed by atoms with Gasteiger partial charge in [0, 0.05) is 39.3 Å². The molecule has 0 saturated carbocycles. The highest BCUT2D eigenvalue weighted by atomic mass is 16.5. The van der Waals surface area contributed by atoms with E-state index in [1.165, 1.54) is 12.1 Å². The van der Waals surface area contributed by atoms with Crippen LogP contribution in [-0.4, -0.2) is 67.4 Å². The van der Waals surface area contributed by atoms with Gasteiger partial charge in [-0.25, -0.2) is 0 Å². The minimum absolute atomic E-state index is 0.275. The van der Waals surface area contributed by atoms with Crippen LogP contribution in [0.1, 0.15) is 12.0 Å². The number of aliphatic hydroxyl groups is 1. The summed E-state index contributed by atoms with van der Waals surface area (Å²) in [4.78, 5) is 4.93. The Kier molecular flexibility index (Phi) is 5.12. The van der Waals surface area contributed by atoms with Crippen LogP contribution in [0.3, 0.4) is 0 Å². The Labute approximate surface area is 127 Å². The van der Waals surface area contributed by atoms with Gasteiger partial charge in [-0.2, -0.15) is 0 Å². The smallest absolute Gasteiger partial charge is 0.122 e. The SMILES string of the molecule is OCCN1CCN(CC2CCOc3ccccc3C2)CC1. The molecule has 4 heteroatoms. The van der Waals surface area contributed by atoms with Crippen molar-refractivity contribution >= 4 is 0 Å². The van der Waals surface area contributed by atoms with Crippen LogP contribution in [0.5, 0.6) is 5.75 Å². The van der Waals surface area contributed by atoms with Crippen LogP contribution in [0.2, 0.25) is 0 Å². The fourth-order valence-electron chi connectivity index (χ4n) is 3.42. The average Bonchev–Trinajstić information content (AvgIpc) is 2.71. The molecule has 3 rings (SSSR count). The van der Waals surface area contributed by atoms with E-state index in [-0.39, 0.29) is 6.61 Å². The number of benzene rings is 1. The van der Waals surface area contributed by atoms with Crippen molar-refractivity contribution in [2.75, 3.05) is 52.5 Å². The summed E-state index contributed by atoms with van der Waals surface area (Å²) < 4.78 is 5.86. The van der Waals surface area contributed by atoms with Crippen molar-refractivity contribution in [2.24, 2.45) is 5.92 Å². The van der Waals surface area contributed by atoms with Crippen molar-refractivity contribution < 1.29 is 9.84 Å². The van der Waals surface area contributed by atoms with Crippen LogP contribution in [0.4, 0.5) is 0 Å². The Bertz CT molecular complexity index is 444. The number of hydrogen-bond donors (Lipinski definition) is 1. The second-order valence-electron chi connectivity index (χ2n) is 6.18. The number of rotatable bonds is 4. The molecule has 1 aromatic rings. The van der Waals surface area contributed by atoms with E-state index in [4.69, 9.17) is 9.84 Å². The fourth-order valence-corrected chi connectivity index (χ4v) is 3.42. The molecule has 1 fully saturated rings. The largest absolute Gasteiger partial charge is 0.493 e. The van der Waals surface area contributed by atoms with Gasteiger partial charge in [0.25, 0.3) is 0 Å². The van der Waals surface area contributed by atoms with Crippen LogP contribution >= 0.6 is 0 Å². The number of para-hydroxylation sites is 1. The number of piperazine rings is 1. The van der Waals surface area contributed by atoms with Crippen molar-refractivity contribution in [3.05, 3.63) is 29.8 Å². The quantitative estimate of drug-likeness (QED) is 0.905. The molecular weight excluding hydrogens is 264 g/mol. The molecule has 0 aliphatic carbocycles. The van der Waals surface area contributed by atoms with E-state index < -0.39 is 0 Å². The molecule has 21 heavy (non-hydrogen) atoms. The van der Waals surface area contributed by atoms with Crippen LogP contribution in [0.25, 0.3) is 0 Å². The zero-order valence-electron chi connectivity index (χ0n) is 12.7. The summed E-state index contributed by atoms with van der Waals surface area (Å²) in [6.07, 6.45) is 2.28. The number of hydrogen-bond acceptors (Lipinski definition) is 4. The Morgan fingerprint density at radius 2 is 1.86 bits per heavy atom. The first-order valence-corrected chi connectivity index (χ1v) is 8.11. The summed E-state index contributed by atoms with van der Waals surface area (Å²) in [6.45, 7) is 7.52. The van der Waals surface area contributed by atoms with Crippen molar-refractivity contribution in [3.63, 3.8) is 0 Å². The van der Waals surface area contributed by atoms with Crippen molar-refractivity contribution in [2.45, 2.75) is 12.8 Å². The third-order valence-corrected chi connectivity index (χ3v) is 4.66. The van der Waals surface area contributed by atoms with Crippen LogP contribution < -0.4 is 4.74 Å². The van der Waals surface area contributed by atoms with Gasteiger partial charge < -0.3 is 14.7 Å². The van der Waals surface area contributed by atoms with E-state index >= 15 is 0 Å². The minimum atomic E-state index is 0.275. The predicted octanol–water partition coefficient (Wildman–Crippen LogP) is 1.24. The van der Waals surface area contributed by atoms with E-state index in [9.17, 15) is 0 Å². The second kappa shape index (κ2) is 7.25. The van der Waals surface area contributed by atoms with Gasteiger partial charge in [0.05, 0.1) is 13.2 Å². The molecule has 2 aliphatic rings. The molecule has 1 N–H and O–H groups in total. The lowest BCUT2D eigenvalue weighted by atomic mass is 9.96. The lowest BCUT2D eigenvalue weighted by molar-refractivity contribution is 0.0989. The van der Waals surface area contributed by atoms with Crippen LogP contribution in [-0.2, 0) is 6.42 Å². The molecule has 1 unspecified atom stereocenters. The Morgan fingerprint density at radius 3 is 2.67 bits per heavy atom. The van der Waals surface area contributed by atoms with Gasteiger partial charge in [0.2, 0.25) is 0 Å². The summed E-state index contributed by atoms with van der Waals surface area (Å²) in [5.41, 5.74) is 1.36. The predicted molar refractivity (Wildman–Crippen MR) is 83.7 cm³/mol. The lowest BCUT2D eigenvalue weighted by Gasteiger charge is -2.36. The van der Waals surface area contributed by atoms with Crippen LogP contribution in [0, 0.1) is 5.92 Å². The maximum absolute atomic E-state index is 9.00. The monoisotopic (exact) mass is 290 g/mol. The number of ether oxygens (including phenoxy) is 1. The van der Waals surface area contributed by atoms with Gasteiger partial charge >= 0.3 is 0 Å². The molecule has 0 radical (unpaired) electrons. The number of aliphatic hydroxyl groups excluding tert-OH is 1. The van der Waals surface area contributed by atoms with E-state index in [1.807, 2.05) is 0 Å². The Hall–Kier alpha value is -1.10. The second-order valence-corrected chi connectivity index (χ2v) is 6.18. The molecule has 116 valence electrons. The van der Waals surface area contributed by atoms with Gasteiger partial charge in [-0.3, -0.25) is 4.90 Å². The van der Waals surface area contributed by atoms with Gasteiger partial charge in [0.1, 0.15) is 5.75 Å². The number of β-amino-alcohol motifs (C(OH)–C–C–N with tert-alkyl or cyclic N) is 1. The molecule has 2 aliphatic heterocycles. The molecule has 0 bridgehead atoms. The molecule has 4 nitrogen and oxygen atoms in total. The molecular formula is C17H26N2O2. The van der Waals surface area contributed by atoms with Crippen LogP contribution in [0.15, 0.2) is 24.3 Å². The molecule has 0 spiro atoms. The number of fused-ring (bicyclic) bond motifs is 1. The molecule has 1 atom stereocenters. The molecule has 0 aromatic heterocycles. The highest BCUT2D eigenvalue weighted by molar-refractivity contribution is 5.34. The topological polar surface area (TPSA) is 35.9 Å². The molecule has 1 saturated heterocycles. The summed E-state index contributed by atoms with van der Waals surface area (Å²) in [5.74, 6) is 1.77. The summed E-state index contributed by atoms with van der Waals surface area (Å²) in [6, 6.07) is 8.45. The van der Waals surface area contributed by atoms with Gasteiger partial charge in [-0.05, 0) is 30.4 Å². The molecule has 1 aromatic carbocycles. The Balaban J connectivity index is 1.52. The van der Waals surface area contributed by atoms with Gasteiger partial charge in [0.15, 0.2) is 0 Å². The Morgan fingerprint density at radius 1 is 1.10 bits per heavy atom. The standard InChI is InChI=1S/C17H26N2O2/c20-11-10-18-6-8-19(9-7-18)14-15-5-12-21-17-4-2-1-3-16(17)13-15/h1-4,15,20H,5-14H2. The van der Waals surface area contributed by atoms with Crippen molar-refractivity contribution in [3.8, 4) is 5.75 Å². The minimum Gasteiger partial charge on any atom is -0.493 e. The maximum atomic E-state index is 9.00. The van der Waals surface area contributed by atoms with E-state index in [0.717, 1.165) is 57.9 Å². The normalized spacial score (nSPS) is 24.1. The third kappa shape index (κ3) is 3.96. The first-order valence-electron chi connectivity index (χ1n) is 8.11. The zero-order chi connectivity index (χ0) is 14.5. The highest BCUT2D eigenvalue weighted by Gasteiger charge is 2.22. The van der Waals surface area contributed by atoms with E-state index in [1.54, 1.807) is 0 Å². The zero-order valence-corrected chi connectivity index (χ0v) is 12.7. The van der Waals surface area contributed by atoms with Crippen molar-refractivity contribution in [1.29, 1.82) is 0 Å². The van der Waals surface area contributed by atoms with E-state index in [0.29, 0.717) is 5.92 Å². The third-order valence-electron chi connectivity index (χ3n) is 4.66. The van der Waals surface area contributed by atoms with Gasteiger partial charge in [-0.15, -0.1) is 0 Å². The van der Waals surface area contributed by atoms with Crippen molar-refractivity contribution in [1.82, 2.24) is 9.80 Å². The first kappa shape index (κ1) is 14.8. The van der Waals surface area contributed by atoms with E-state index in [2.05, 4.69) is 34.1 Å². The number of nitrogens with zero attached hydrogens (tertiary/aromatic N) is 2. The maximum Gasteiger partial charge on any atom is 0.122 e. The summed E-state index contributed by atoms with van der Waals surface area (Å²) >= 11 is 0. The highest BCUT2D eigenvalue weighted by Crippen LogP contribution is 2.27. The fraction of sp³-hybridized carbons (Fsp3) is 0.647. The van der Waals surface area contributed by atoms with Gasteiger partial charge in [-0.1, -0.05) is 18.2 Å². The molecule has 2 heterocycles. The summed E-state index contributed by atoms with van der Waals surface area (Å²) in [5, 5.41) is 9.00. The summed E-state index contributed by atoms with van der Waals surface area (Å²) in [7, 11) is 0. The lowest BCUT2D eigenvalue weighted by Crippen LogP contribution is -2.48. The first-order chi connectivity index (χ1) is 10.3. The molecule has 0 amide bonds.